The van der Waals surface area contributed by atoms with Crippen LogP contribution in [0.15, 0.2) is 11.4 Å². The number of sulfone groups is 1. The number of hydrogen-bond acceptors (Lipinski definition) is 5. The minimum atomic E-state index is -3.30. The zero-order valence-electron chi connectivity index (χ0n) is 16.5. The summed E-state index contributed by atoms with van der Waals surface area (Å²) in [6, 6.07) is 0.412. The molecule has 0 spiro atoms. The first-order valence-electron chi connectivity index (χ1n) is 10.6. The van der Waals surface area contributed by atoms with E-state index in [-0.39, 0.29) is 5.75 Å². The molecule has 0 unspecified atom stereocenters. The highest BCUT2D eigenvalue weighted by molar-refractivity contribution is 7.91. The summed E-state index contributed by atoms with van der Waals surface area (Å²) in [7, 11) is -1.20. The summed E-state index contributed by atoms with van der Waals surface area (Å²) in [5.41, 5.74) is 1.03. The summed E-state index contributed by atoms with van der Waals surface area (Å²) in [6.07, 6.45) is 11.2. The Kier molecular flexibility index (Phi) is 5.90. The molecule has 2 heterocycles. The van der Waals surface area contributed by atoms with Gasteiger partial charge in [0.25, 0.3) is 0 Å². The van der Waals surface area contributed by atoms with E-state index in [4.69, 9.17) is 4.74 Å². The number of ether oxygens (including phenoxy) is 1. The van der Waals surface area contributed by atoms with Crippen LogP contribution >= 0.6 is 0 Å². The molecule has 27 heavy (non-hydrogen) atoms. The number of hydrogen-bond donors (Lipinski definition) is 0. The van der Waals surface area contributed by atoms with Gasteiger partial charge < -0.3 is 9.30 Å². The highest BCUT2D eigenvalue weighted by atomic mass is 32.2. The summed E-state index contributed by atoms with van der Waals surface area (Å²) >= 11 is 0. The summed E-state index contributed by atoms with van der Waals surface area (Å²) < 4.78 is 33.5. The van der Waals surface area contributed by atoms with Gasteiger partial charge in [-0.3, -0.25) is 4.90 Å². The van der Waals surface area contributed by atoms with E-state index in [0.717, 1.165) is 51.3 Å². The maximum absolute atomic E-state index is 13.0. The molecule has 6 nitrogen and oxygen atoms in total. The lowest BCUT2D eigenvalue weighted by atomic mass is 9.89. The second-order valence-corrected chi connectivity index (χ2v) is 10.7. The lowest BCUT2D eigenvalue weighted by Crippen LogP contribution is -2.32. The number of rotatable bonds is 8. The monoisotopic (exact) mass is 395 g/mol. The largest absolute Gasteiger partial charge is 0.380 e. The van der Waals surface area contributed by atoms with Gasteiger partial charge in [0.1, 0.15) is 0 Å². The van der Waals surface area contributed by atoms with Gasteiger partial charge in [-0.1, -0.05) is 19.3 Å². The van der Waals surface area contributed by atoms with Crippen LogP contribution in [0.1, 0.15) is 57.1 Å². The van der Waals surface area contributed by atoms with E-state index in [0.29, 0.717) is 23.0 Å². The van der Waals surface area contributed by atoms with E-state index in [2.05, 4.69) is 16.9 Å². The van der Waals surface area contributed by atoms with Crippen LogP contribution in [0.3, 0.4) is 0 Å². The standard InChI is InChI=1S/C20H33N3O3S/c1-22(18-9-10-26-14-18)13-19-11-21-20(27(24,25)15-17-7-8-17)23(19)12-16-5-3-2-4-6-16/h11,16-18H,2-10,12-15H2,1H3/t18-/m0/s1. The van der Waals surface area contributed by atoms with Gasteiger partial charge in [0.2, 0.25) is 15.0 Å². The number of nitrogens with zero attached hydrogens (tertiary/aromatic N) is 3. The molecule has 2 saturated carbocycles. The van der Waals surface area contributed by atoms with Crippen molar-refractivity contribution in [2.24, 2.45) is 11.8 Å². The normalized spacial score (nSPS) is 24.7. The van der Waals surface area contributed by atoms with Crippen molar-refractivity contribution in [3.63, 3.8) is 0 Å². The first-order valence-corrected chi connectivity index (χ1v) is 12.2. The van der Waals surface area contributed by atoms with Crippen LogP contribution in [0.25, 0.3) is 0 Å². The SMILES string of the molecule is CN(Cc1cnc(S(=O)(=O)CC2CC2)n1CC1CCCCC1)[C@H]1CCOC1. The average molecular weight is 396 g/mol. The Bertz CT molecular complexity index is 730. The molecule has 7 heteroatoms. The molecule has 1 saturated heterocycles. The van der Waals surface area contributed by atoms with E-state index in [9.17, 15) is 8.42 Å². The molecule has 1 aromatic heterocycles. The van der Waals surface area contributed by atoms with Crippen molar-refractivity contribution in [2.45, 2.75) is 75.7 Å². The fourth-order valence-electron chi connectivity index (χ4n) is 4.51. The molecule has 1 aliphatic heterocycles. The molecule has 3 fully saturated rings. The van der Waals surface area contributed by atoms with Crippen molar-refractivity contribution in [3.8, 4) is 0 Å². The molecular formula is C20H33N3O3S. The summed E-state index contributed by atoms with van der Waals surface area (Å²) in [5, 5.41) is 0.311. The lowest BCUT2D eigenvalue weighted by molar-refractivity contribution is 0.154. The minimum Gasteiger partial charge on any atom is -0.380 e. The molecule has 0 radical (unpaired) electrons. The number of likely N-dealkylation sites (N-methyl/N-ethyl adjacent to an activating group) is 1. The summed E-state index contributed by atoms with van der Waals surface area (Å²) in [6.45, 7) is 3.10. The van der Waals surface area contributed by atoms with E-state index in [1.165, 1.54) is 32.1 Å². The van der Waals surface area contributed by atoms with Crippen LogP contribution in [-0.2, 0) is 27.7 Å². The third-order valence-corrected chi connectivity index (χ3v) is 8.23. The van der Waals surface area contributed by atoms with Crippen molar-refractivity contribution in [1.29, 1.82) is 0 Å². The molecule has 4 rings (SSSR count). The van der Waals surface area contributed by atoms with Crippen LogP contribution in [-0.4, -0.2) is 54.9 Å². The molecule has 1 aromatic rings. The zero-order valence-corrected chi connectivity index (χ0v) is 17.3. The van der Waals surface area contributed by atoms with Gasteiger partial charge in [-0.25, -0.2) is 13.4 Å². The smallest absolute Gasteiger partial charge is 0.227 e. The van der Waals surface area contributed by atoms with Gasteiger partial charge in [-0.2, -0.15) is 0 Å². The Morgan fingerprint density at radius 3 is 2.59 bits per heavy atom. The number of aromatic nitrogens is 2. The molecule has 0 aromatic carbocycles. The van der Waals surface area contributed by atoms with Gasteiger partial charge in [0.15, 0.2) is 0 Å². The first kappa shape index (κ1) is 19.4. The molecule has 0 amide bonds. The first-order chi connectivity index (χ1) is 13.0. The Labute approximate surface area is 163 Å². The summed E-state index contributed by atoms with van der Waals surface area (Å²) in [4.78, 5) is 6.72. The van der Waals surface area contributed by atoms with Gasteiger partial charge in [0.05, 0.1) is 24.3 Å². The van der Waals surface area contributed by atoms with Crippen molar-refractivity contribution in [3.05, 3.63) is 11.9 Å². The predicted molar refractivity (Wildman–Crippen MR) is 104 cm³/mol. The van der Waals surface area contributed by atoms with E-state index in [1.54, 1.807) is 6.20 Å². The van der Waals surface area contributed by atoms with Crippen LogP contribution in [0.5, 0.6) is 0 Å². The van der Waals surface area contributed by atoms with Crippen molar-refractivity contribution >= 4 is 9.84 Å². The van der Waals surface area contributed by atoms with E-state index >= 15 is 0 Å². The third-order valence-electron chi connectivity index (χ3n) is 6.44. The minimum absolute atomic E-state index is 0.264. The van der Waals surface area contributed by atoms with Crippen LogP contribution < -0.4 is 0 Å². The van der Waals surface area contributed by atoms with Gasteiger partial charge in [0, 0.05) is 25.7 Å². The Hall–Kier alpha value is -0.920. The van der Waals surface area contributed by atoms with Crippen LogP contribution in [0, 0.1) is 11.8 Å². The van der Waals surface area contributed by atoms with E-state index in [1.807, 2.05) is 4.57 Å². The van der Waals surface area contributed by atoms with Crippen molar-refractivity contribution < 1.29 is 13.2 Å². The molecule has 0 bridgehead atoms. The highest BCUT2D eigenvalue weighted by Crippen LogP contribution is 2.33. The topological polar surface area (TPSA) is 64.4 Å². The maximum atomic E-state index is 13.0. The lowest BCUT2D eigenvalue weighted by Gasteiger charge is -2.26. The quantitative estimate of drug-likeness (QED) is 0.677. The molecular weight excluding hydrogens is 362 g/mol. The Morgan fingerprint density at radius 2 is 1.93 bits per heavy atom. The molecule has 152 valence electrons. The van der Waals surface area contributed by atoms with Gasteiger partial charge in [-0.05, 0) is 51.0 Å². The van der Waals surface area contributed by atoms with Crippen molar-refractivity contribution in [2.75, 3.05) is 26.0 Å². The third kappa shape index (κ3) is 4.74. The van der Waals surface area contributed by atoms with Crippen molar-refractivity contribution in [1.82, 2.24) is 14.5 Å². The van der Waals surface area contributed by atoms with Gasteiger partial charge in [-0.15, -0.1) is 0 Å². The summed E-state index contributed by atoms with van der Waals surface area (Å²) in [5.74, 6) is 1.18. The number of imidazole rings is 1. The molecule has 3 aliphatic rings. The van der Waals surface area contributed by atoms with E-state index < -0.39 is 9.84 Å². The molecule has 0 N–H and O–H groups in total. The fraction of sp³-hybridized carbons (Fsp3) is 0.850. The highest BCUT2D eigenvalue weighted by Gasteiger charge is 2.33. The maximum Gasteiger partial charge on any atom is 0.227 e. The van der Waals surface area contributed by atoms with Crippen LogP contribution in [0.2, 0.25) is 0 Å². The molecule has 2 aliphatic carbocycles. The second-order valence-electron chi connectivity index (χ2n) is 8.80. The predicted octanol–water partition coefficient (Wildman–Crippen LogP) is 2.87. The second kappa shape index (κ2) is 8.21. The fourth-order valence-corrected chi connectivity index (χ4v) is 6.36. The Balaban J connectivity index is 1.56. The Morgan fingerprint density at radius 1 is 1.15 bits per heavy atom. The average Bonchev–Trinajstić information content (AvgIpc) is 3.12. The van der Waals surface area contributed by atoms with Crippen LogP contribution in [0.4, 0.5) is 0 Å². The molecule has 1 atom stereocenters. The van der Waals surface area contributed by atoms with Gasteiger partial charge >= 0.3 is 0 Å². The zero-order chi connectivity index (χ0) is 18.9.